The van der Waals surface area contributed by atoms with Gasteiger partial charge in [-0.1, -0.05) is 60.7 Å². The highest BCUT2D eigenvalue weighted by atomic mass is 127. The molecule has 0 spiro atoms. The summed E-state index contributed by atoms with van der Waals surface area (Å²) in [5.41, 5.74) is 1.70. The fraction of sp³-hybridized carbons (Fsp3) is 0.136. The molecule has 0 fully saturated rings. The fourth-order valence-electron chi connectivity index (χ4n) is 2.49. The number of ether oxygens (including phenoxy) is 3. The van der Waals surface area contributed by atoms with E-state index in [9.17, 15) is 4.79 Å². The van der Waals surface area contributed by atoms with Crippen molar-refractivity contribution in [3.8, 4) is 17.2 Å². The molecule has 4 nitrogen and oxygen atoms in total. The van der Waals surface area contributed by atoms with Crippen molar-refractivity contribution in [2.24, 2.45) is 0 Å². The van der Waals surface area contributed by atoms with Gasteiger partial charge in [-0.05, 0) is 28.2 Å². The van der Waals surface area contributed by atoms with Gasteiger partial charge in [-0.2, -0.15) is 0 Å². The van der Waals surface area contributed by atoms with E-state index in [-0.39, 0.29) is 12.4 Å². The molecule has 3 rings (SSSR count). The molecule has 27 heavy (non-hydrogen) atoms. The third kappa shape index (κ3) is 5.23. The highest BCUT2D eigenvalue weighted by Gasteiger charge is 2.13. The molecule has 0 atom stereocenters. The van der Waals surface area contributed by atoms with E-state index in [1.54, 1.807) is 25.3 Å². The molecule has 0 saturated heterocycles. The Kier molecular flexibility index (Phi) is 6.70. The zero-order chi connectivity index (χ0) is 19.1. The van der Waals surface area contributed by atoms with E-state index < -0.39 is 0 Å². The first kappa shape index (κ1) is 19.2. The third-order valence-electron chi connectivity index (χ3n) is 3.91. The van der Waals surface area contributed by atoms with E-state index in [1.807, 2.05) is 54.6 Å². The number of rotatable bonds is 8. The minimum Gasteiger partial charge on any atom is -0.493 e. The van der Waals surface area contributed by atoms with Gasteiger partial charge in [0.1, 0.15) is 12.4 Å². The van der Waals surface area contributed by atoms with Gasteiger partial charge in [0.05, 0.1) is 10.7 Å². The van der Waals surface area contributed by atoms with Crippen molar-refractivity contribution in [3.05, 3.63) is 87.5 Å². The molecule has 0 amide bonds. The zero-order valence-corrected chi connectivity index (χ0v) is 17.0. The normalized spacial score (nSPS) is 10.3. The monoisotopic (exact) mass is 474 g/mol. The predicted octanol–water partition coefficient (Wildman–Crippen LogP) is 5.14. The number of ketones is 1. The fourth-order valence-corrected chi connectivity index (χ4v) is 3.08. The molecule has 0 saturated carbocycles. The van der Waals surface area contributed by atoms with Crippen LogP contribution in [0.25, 0.3) is 0 Å². The van der Waals surface area contributed by atoms with Gasteiger partial charge >= 0.3 is 0 Å². The molecule has 0 N–H and O–H groups in total. The number of halogens is 1. The molecule has 0 aliphatic carbocycles. The van der Waals surface area contributed by atoms with Crippen molar-refractivity contribution in [1.82, 2.24) is 0 Å². The first-order valence-corrected chi connectivity index (χ1v) is 9.50. The minimum atomic E-state index is -0.0743. The van der Waals surface area contributed by atoms with Gasteiger partial charge in [0, 0.05) is 17.7 Å². The molecular weight excluding hydrogens is 455 g/mol. The number of hydrogen-bond acceptors (Lipinski definition) is 4. The third-order valence-corrected chi connectivity index (χ3v) is 4.75. The van der Waals surface area contributed by atoms with Crippen LogP contribution in [0.1, 0.15) is 15.9 Å². The predicted molar refractivity (Wildman–Crippen MR) is 113 cm³/mol. The maximum Gasteiger partial charge on any atom is 0.200 e. The highest BCUT2D eigenvalue weighted by Crippen LogP contribution is 2.36. The van der Waals surface area contributed by atoms with Crippen molar-refractivity contribution in [2.45, 2.75) is 6.61 Å². The Hall–Kier alpha value is -2.54. The van der Waals surface area contributed by atoms with Crippen LogP contribution < -0.4 is 14.2 Å². The van der Waals surface area contributed by atoms with Crippen molar-refractivity contribution in [2.75, 3.05) is 13.7 Å². The number of carbonyl (C=O) groups excluding carboxylic acids is 1. The van der Waals surface area contributed by atoms with Crippen molar-refractivity contribution >= 4 is 28.4 Å². The molecule has 0 radical (unpaired) electrons. The topological polar surface area (TPSA) is 44.8 Å². The van der Waals surface area contributed by atoms with Crippen LogP contribution in [0.4, 0.5) is 0 Å². The first-order chi connectivity index (χ1) is 13.2. The van der Waals surface area contributed by atoms with E-state index in [4.69, 9.17) is 14.2 Å². The summed E-state index contributed by atoms with van der Waals surface area (Å²) < 4.78 is 17.9. The Morgan fingerprint density at radius 2 is 1.52 bits per heavy atom. The van der Waals surface area contributed by atoms with Crippen LogP contribution in [0.15, 0.2) is 72.8 Å². The Morgan fingerprint density at radius 3 is 2.19 bits per heavy atom. The van der Waals surface area contributed by atoms with Crippen LogP contribution >= 0.6 is 22.6 Å². The highest BCUT2D eigenvalue weighted by molar-refractivity contribution is 14.1. The SMILES string of the molecule is COc1cc(OCC(=O)c2ccccc2)c(I)cc1OCc1ccccc1. The van der Waals surface area contributed by atoms with Crippen molar-refractivity contribution < 1.29 is 19.0 Å². The van der Waals surface area contributed by atoms with Gasteiger partial charge in [0.15, 0.2) is 23.9 Å². The van der Waals surface area contributed by atoms with Crippen LogP contribution in [-0.2, 0) is 6.61 Å². The average molecular weight is 474 g/mol. The van der Waals surface area contributed by atoms with Gasteiger partial charge in [0.2, 0.25) is 0 Å². The van der Waals surface area contributed by atoms with Crippen LogP contribution in [0.5, 0.6) is 17.2 Å². The minimum absolute atomic E-state index is 0.0343. The zero-order valence-electron chi connectivity index (χ0n) is 14.9. The van der Waals surface area contributed by atoms with Crippen molar-refractivity contribution in [3.63, 3.8) is 0 Å². The lowest BCUT2D eigenvalue weighted by Crippen LogP contribution is -2.12. The Bertz CT molecular complexity index is 895. The molecule has 0 aromatic heterocycles. The largest absolute Gasteiger partial charge is 0.493 e. The maximum atomic E-state index is 12.2. The van der Waals surface area contributed by atoms with E-state index >= 15 is 0 Å². The summed E-state index contributed by atoms with van der Waals surface area (Å²) in [6, 6.07) is 22.6. The van der Waals surface area contributed by atoms with Crippen LogP contribution in [0.3, 0.4) is 0 Å². The lowest BCUT2D eigenvalue weighted by Gasteiger charge is -2.14. The Morgan fingerprint density at radius 1 is 0.852 bits per heavy atom. The van der Waals surface area contributed by atoms with Crippen molar-refractivity contribution in [1.29, 1.82) is 0 Å². The molecule has 0 heterocycles. The van der Waals surface area contributed by atoms with Gasteiger partial charge in [-0.15, -0.1) is 0 Å². The molecule has 0 bridgehead atoms. The number of Topliss-reactive ketones (excluding diaryl/α,β-unsaturated/α-hetero) is 1. The van der Waals surface area contributed by atoms with E-state index in [2.05, 4.69) is 22.6 Å². The van der Waals surface area contributed by atoms with Gasteiger partial charge in [-0.3, -0.25) is 4.79 Å². The van der Waals surface area contributed by atoms with E-state index in [0.29, 0.717) is 29.4 Å². The van der Waals surface area contributed by atoms with Gasteiger partial charge in [-0.25, -0.2) is 0 Å². The first-order valence-electron chi connectivity index (χ1n) is 8.42. The summed E-state index contributed by atoms with van der Waals surface area (Å²) in [6.45, 7) is 0.410. The average Bonchev–Trinajstić information content (AvgIpc) is 2.72. The smallest absolute Gasteiger partial charge is 0.200 e. The van der Waals surface area contributed by atoms with Gasteiger partial charge < -0.3 is 14.2 Å². The molecule has 5 heteroatoms. The molecule has 138 valence electrons. The Balaban J connectivity index is 1.69. The Labute approximate surface area is 172 Å². The lowest BCUT2D eigenvalue weighted by atomic mass is 10.1. The molecule has 0 aliphatic rings. The van der Waals surface area contributed by atoms with Crippen LogP contribution in [0, 0.1) is 3.57 Å². The summed E-state index contributed by atoms with van der Waals surface area (Å²) in [7, 11) is 1.58. The standard InChI is InChI=1S/C22H19IO4/c1-25-21-13-20(27-15-19(24)17-10-6-3-7-11-17)18(23)12-22(21)26-14-16-8-4-2-5-9-16/h2-13H,14-15H2,1H3. The summed E-state index contributed by atoms with van der Waals surface area (Å²) >= 11 is 2.16. The van der Waals surface area contributed by atoms with E-state index in [1.165, 1.54) is 0 Å². The summed E-state index contributed by atoms with van der Waals surface area (Å²) in [5.74, 6) is 1.71. The molecule has 3 aromatic rings. The second-order valence-corrected chi connectivity index (χ2v) is 6.95. The molecule has 0 unspecified atom stereocenters. The molecular formula is C22H19IO4. The second kappa shape index (κ2) is 9.41. The van der Waals surface area contributed by atoms with Crippen LogP contribution in [-0.4, -0.2) is 19.5 Å². The van der Waals surface area contributed by atoms with Crippen LogP contribution in [0.2, 0.25) is 0 Å². The quantitative estimate of drug-likeness (QED) is 0.335. The summed E-state index contributed by atoms with van der Waals surface area (Å²) in [6.07, 6.45) is 0. The lowest BCUT2D eigenvalue weighted by molar-refractivity contribution is 0.0920. The number of benzene rings is 3. The maximum absolute atomic E-state index is 12.2. The molecule has 3 aromatic carbocycles. The van der Waals surface area contributed by atoms with E-state index in [0.717, 1.165) is 9.13 Å². The van der Waals surface area contributed by atoms with Gasteiger partial charge in [0.25, 0.3) is 0 Å². The number of methoxy groups -OCH3 is 1. The second-order valence-electron chi connectivity index (χ2n) is 5.79. The summed E-state index contributed by atoms with van der Waals surface area (Å²) in [5, 5.41) is 0. The number of hydrogen-bond donors (Lipinski definition) is 0. The molecule has 0 aliphatic heterocycles. The summed E-state index contributed by atoms with van der Waals surface area (Å²) in [4.78, 5) is 12.2. The number of carbonyl (C=O) groups is 1.